The summed E-state index contributed by atoms with van der Waals surface area (Å²) in [6, 6.07) is 12.8. The summed E-state index contributed by atoms with van der Waals surface area (Å²) in [4.78, 5) is 12.8. The molecule has 3 heterocycles. The van der Waals surface area contributed by atoms with E-state index in [2.05, 4.69) is 21.5 Å². The third kappa shape index (κ3) is 3.55. The Morgan fingerprint density at radius 3 is 2.59 bits per heavy atom. The van der Waals surface area contributed by atoms with Crippen molar-refractivity contribution in [2.75, 3.05) is 11.5 Å². The maximum Gasteiger partial charge on any atom is 0.234 e. The molecule has 0 atom stereocenters. The molecule has 0 spiro atoms. The van der Waals surface area contributed by atoms with Gasteiger partial charge in [0.15, 0.2) is 11.4 Å². The third-order valence-electron chi connectivity index (χ3n) is 4.11. The highest BCUT2D eigenvalue weighted by atomic mass is 32.2. The number of imidazole rings is 1. The number of furan rings is 1. The smallest absolute Gasteiger partial charge is 0.234 e. The number of anilines is 1. The van der Waals surface area contributed by atoms with E-state index in [9.17, 15) is 8.42 Å². The molecule has 4 rings (SSSR count). The molecule has 4 aromatic rings. The molecule has 9 heteroatoms. The molecule has 2 N–H and O–H groups in total. The van der Waals surface area contributed by atoms with Gasteiger partial charge in [0.05, 0.1) is 12.0 Å². The average molecular weight is 407 g/mol. The van der Waals surface area contributed by atoms with Gasteiger partial charge < -0.3 is 10.2 Å². The Bertz CT molecular complexity index is 1310. The molecule has 146 valence electrons. The zero-order valence-corrected chi connectivity index (χ0v) is 16.1. The summed E-state index contributed by atoms with van der Waals surface area (Å²) in [5.74, 6) is 0.119. The molecule has 0 saturated heterocycles. The summed E-state index contributed by atoms with van der Waals surface area (Å²) < 4.78 is 32.5. The van der Waals surface area contributed by atoms with Gasteiger partial charge in [-0.15, -0.1) is 6.58 Å². The molecule has 0 aliphatic carbocycles. The minimum Gasteiger partial charge on any atom is -0.463 e. The lowest BCUT2D eigenvalue weighted by atomic mass is 10.2. The second-order valence-corrected chi connectivity index (χ2v) is 8.07. The number of benzene rings is 1. The van der Waals surface area contributed by atoms with Gasteiger partial charge in [-0.25, -0.2) is 18.4 Å². The summed E-state index contributed by atoms with van der Waals surface area (Å²) in [6.45, 7) is 3.52. The Morgan fingerprint density at radius 2 is 1.90 bits per heavy atom. The first kappa shape index (κ1) is 18.6. The fraction of sp³-hybridized carbons (Fsp3) is 0.0500. The summed E-state index contributed by atoms with van der Waals surface area (Å²) in [7, 11) is -3.76. The largest absolute Gasteiger partial charge is 0.463 e. The lowest BCUT2D eigenvalue weighted by Crippen LogP contribution is -2.10. The molecule has 29 heavy (non-hydrogen) atoms. The molecule has 3 aromatic heterocycles. The maximum absolute atomic E-state index is 12.8. The maximum atomic E-state index is 12.8. The van der Waals surface area contributed by atoms with E-state index >= 15 is 0 Å². The molecule has 0 amide bonds. The van der Waals surface area contributed by atoms with Gasteiger partial charge in [0.1, 0.15) is 11.2 Å². The van der Waals surface area contributed by atoms with Crippen LogP contribution in [0.5, 0.6) is 0 Å². The molecular formula is C20H17N5O3S. The normalized spacial score (nSPS) is 12.0. The number of sulfone groups is 1. The lowest BCUT2D eigenvalue weighted by molar-refractivity contribution is 0.580. The Morgan fingerprint density at radius 1 is 1.10 bits per heavy atom. The molecule has 1 aromatic carbocycles. The van der Waals surface area contributed by atoms with E-state index in [4.69, 9.17) is 10.2 Å². The van der Waals surface area contributed by atoms with Crippen LogP contribution in [0, 0.1) is 0 Å². The average Bonchev–Trinajstić information content (AvgIpc) is 3.35. The fourth-order valence-corrected chi connectivity index (χ4v) is 4.00. The van der Waals surface area contributed by atoms with E-state index in [1.54, 1.807) is 24.4 Å². The standard InChI is InChI=1S/C20H17N5O3S/c1-2-13-29(26,27)20-23-17-16(15-9-6-12-28-15)22-19(21)24-18(17)25(20)11-10-14-7-4-3-5-8-14/h2-12H,1,13H2,(H2,21,22,24). The van der Waals surface area contributed by atoms with Crippen molar-refractivity contribution in [2.24, 2.45) is 0 Å². The van der Waals surface area contributed by atoms with Crippen molar-refractivity contribution in [3.8, 4) is 11.5 Å². The van der Waals surface area contributed by atoms with Crippen LogP contribution in [0.2, 0.25) is 0 Å². The summed E-state index contributed by atoms with van der Waals surface area (Å²) in [5, 5.41) is -0.174. The predicted octanol–water partition coefficient (Wildman–Crippen LogP) is 3.26. The van der Waals surface area contributed by atoms with Crippen molar-refractivity contribution in [3.63, 3.8) is 0 Å². The van der Waals surface area contributed by atoms with Gasteiger partial charge in [-0.1, -0.05) is 36.4 Å². The lowest BCUT2D eigenvalue weighted by Gasteiger charge is -2.04. The Balaban J connectivity index is 2.01. The molecule has 0 radical (unpaired) electrons. The van der Waals surface area contributed by atoms with Gasteiger partial charge in [0.25, 0.3) is 0 Å². The third-order valence-corrected chi connectivity index (χ3v) is 5.63. The van der Waals surface area contributed by atoms with Crippen LogP contribution in [0.4, 0.5) is 5.95 Å². The number of nitrogens with two attached hydrogens (primary N) is 1. The highest BCUT2D eigenvalue weighted by Gasteiger charge is 2.26. The topological polar surface area (TPSA) is 117 Å². The van der Waals surface area contributed by atoms with Crippen molar-refractivity contribution >= 4 is 39.2 Å². The quantitative estimate of drug-likeness (QED) is 0.488. The van der Waals surface area contributed by atoms with Gasteiger partial charge in [0.2, 0.25) is 20.9 Å². The minimum atomic E-state index is -3.76. The Hall–Kier alpha value is -3.72. The molecule has 0 fully saturated rings. The molecule has 8 nitrogen and oxygen atoms in total. The van der Waals surface area contributed by atoms with Crippen molar-refractivity contribution in [1.29, 1.82) is 0 Å². The first-order valence-corrected chi connectivity index (χ1v) is 10.3. The predicted molar refractivity (Wildman–Crippen MR) is 111 cm³/mol. The van der Waals surface area contributed by atoms with Crippen molar-refractivity contribution in [1.82, 2.24) is 19.5 Å². The van der Waals surface area contributed by atoms with E-state index in [0.29, 0.717) is 11.5 Å². The Kier molecular flexibility index (Phi) is 4.73. The second-order valence-electron chi connectivity index (χ2n) is 6.14. The zero-order chi connectivity index (χ0) is 20.4. The highest BCUT2D eigenvalue weighted by Crippen LogP contribution is 2.29. The highest BCUT2D eigenvalue weighted by molar-refractivity contribution is 7.91. The van der Waals surface area contributed by atoms with Gasteiger partial charge in [-0.2, -0.15) is 4.98 Å². The summed E-state index contributed by atoms with van der Waals surface area (Å²) in [5.41, 5.74) is 7.63. The van der Waals surface area contributed by atoms with Crippen molar-refractivity contribution in [3.05, 3.63) is 66.9 Å². The van der Waals surface area contributed by atoms with Gasteiger partial charge in [-0.3, -0.25) is 4.57 Å². The van der Waals surface area contributed by atoms with Crippen LogP contribution in [0.1, 0.15) is 5.56 Å². The fourth-order valence-electron chi connectivity index (χ4n) is 2.86. The SMILES string of the molecule is C=CCS(=O)(=O)c1nc2c(-c3ccco3)nc(N)nc2n1C=Cc1ccccc1. The second kappa shape index (κ2) is 7.36. The van der Waals surface area contributed by atoms with Gasteiger partial charge in [0, 0.05) is 6.20 Å². The number of nitrogens with zero attached hydrogens (tertiary/aromatic N) is 4. The van der Waals surface area contributed by atoms with Crippen LogP contribution < -0.4 is 5.73 Å². The number of aromatic nitrogens is 4. The van der Waals surface area contributed by atoms with E-state index in [0.717, 1.165) is 5.56 Å². The van der Waals surface area contributed by atoms with Crippen LogP contribution in [-0.4, -0.2) is 33.7 Å². The number of nitrogen functional groups attached to an aromatic ring is 1. The van der Waals surface area contributed by atoms with Gasteiger partial charge >= 0.3 is 0 Å². The number of hydrogen-bond acceptors (Lipinski definition) is 7. The van der Waals surface area contributed by atoms with Crippen LogP contribution in [0.3, 0.4) is 0 Å². The zero-order valence-electron chi connectivity index (χ0n) is 15.3. The molecular weight excluding hydrogens is 390 g/mol. The first-order chi connectivity index (χ1) is 14.0. The number of rotatable bonds is 6. The van der Waals surface area contributed by atoms with Crippen LogP contribution in [-0.2, 0) is 9.84 Å². The van der Waals surface area contributed by atoms with E-state index in [1.807, 2.05) is 30.3 Å². The van der Waals surface area contributed by atoms with Crippen molar-refractivity contribution < 1.29 is 12.8 Å². The molecule has 0 saturated carbocycles. The van der Waals surface area contributed by atoms with Crippen LogP contribution in [0.25, 0.3) is 34.9 Å². The first-order valence-electron chi connectivity index (χ1n) is 8.66. The monoisotopic (exact) mass is 407 g/mol. The van der Waals surface area contributed by atoms with Crippen LogP contribution >= 0.6 is 0 Å². The Labute approximate surface area is 167 Å². The van der Waals surface area contributed by atoms with E-state index < -0.39 is 9.84 Å². The molecule has 0 unspecified atom stereocenters. The van der Waals surface area contributed by atoms with Gasteiger partial charge in [-0.05, 0) is 23.8 Å². The van der Waals surface area contributed by atoms with Crippen molar-refractivity contribution in [2.45, 2.75) is 5.16 Å². The number of fused-ring (bicyclic) bond motifs is 1. The number of hydrogen-bond donors (Lipinski definition) is 1. The summed E-state index contributed by atoms with van der Waals surface area (Å²) >= 11 is 0. The summed E-state index contributed by atoms with van der Waals surface area (Å²) in [6.07, 6.45) is 6.16. The van der Waals surface area contributed by atoms with Crippen LogP contribution in [0.15, 0.2) is 71.0 Å². The van der Waals surface area contributed by atoms with E-state index in [1.165, 1.54) is 16.9 Å². The molecule has 0 bridgehead atoms. The minimum absolute atomic E-state index is 0.0224. The molecule has 0 aliphatic heterocycles. The van der Waals surface area contributed by atoms with E-state index in [-0.39, 0.29) is 28.0 Å². The molecule has 0 aliphatic rings.